The molecule has 0 aliphatic carbocycles. The second-order valence-corrected chi connectivity index (χ2v) is 3.87. The molecule has 0 aromatic rings. The lowest BCUT2D eigenvalue weighted by Gasteiger charge is -2.25. The first-order valence-corrected chi connectivity index (χ1v) is 4.47. The van der Waals surface area contributed by atoms with Gasteiger partial charge < -0.3 is 10.0 Å². The molecule has 0 radical (unpaired) electrons. The van der Waals surface area contributed by atoms with E-state index < -0.39 is 0 Å². The summed E-state index contributed by atoms with van der Waals surface area (Å²) in [7, 11) is 0. The van der Waals surface area contributed by atoms with Crippen LogP contribution in [0, 0.1) is 5.92 Å². The lowest BCUT2D eigenvalue weighted by Crippen LogP contribution is -2.37. The highest BCUT2D eigenvalue weighted by Crippen LogP contribution is 2.23. The van der Waals surface area contributed by atoms with Crippen molar-refractivity contribution in [2.24, 2.45) is 5.92 Å². The van der Waals surface area contributed by atoms with E-state index >= 15 is 0 Å². The Kier molecular flexibility index (Phi) is 2.73. The van der Waals surface area contributed by atoms with Crippen molar-refractivity contribution >= 4 is 5.91 Å². The van der Waals surface area contributed by atoms with E-state index in [0.717, 1.165) is 6.42 Å². The Balaban J connectivity index is 2.65. The third-order valence-corrected chi connectivity index (χ3v) is 2.50. The zero-order valence-electron chi connectivity index (χ0n) is 7.95. The van der Waals surface area contributed by atoms with Gasteiger partial charge in [0.2, 0.25) is 5.91 Å². The molecular weight excluding hydrogens is 154 g/mol. The lowest BCUT2D eigenvalue weighted by atomic mass is 10.0. The van der Waals surface area contributed by atoms with Gasteiger partial charge in [-0.25, -0.2) is 0 Å². The molecule has 1 rings (SSSR count). The van der Waals surface area contributed by atoms with Crippen molar-refractivity contribution in [1.29, 1.82) is 0 Å². The van der Waals surface area contributed by atoms with Gasteiger partial charge in [-0.15, -0.1) is 0 Å². The van der Waals surface area contributed by atoms with E-state index in [1.165, 1.54) is 0 Å². The first-order chi connectivity index (χ1) is 5.52. The number of amides is 1. The van der Waals surface area contributed by atoms with Crippen LogP contribution in [-0.4, -0.2) is 34.6 Å². The molecule has 0 aromatic carbocycles. The second kappa shape index (κ2) is 3.44. The Labute approximate surface area is 73.4 Å². The Morgan fingerprint density at radius 2 is 2.17 bits per heavy atom. The summed E-state index contributed by atoms with van der Waals surface area (Å²) in [6.07, 6.45) is 0.415. The predicted octanol–water partition coefficient (Wildman–Crippen LogP) is 0.624. The number of hydrogen-bond acceptors (Lipinski definition) is 2. The average molecular weight is 171 g/mol. The minimum absolute atomic E-state index is 0.0743. The Morgan fingerprint density at radius 3 is 2.50 bits per heavy atom. The molecule has 0 saturated carbocycles. The first kappa shape index (κ1) is 9.52. The summed E-state index contributed by atoms with van der Waals surface area (Å²) in [5.41, 5.74) is 0. The maximum absolute atomic E-state index is 11.1. The predicted molar refractivity (Wildman–Crippen MR) is 46.6 cm³/mol. The van der Waals surface area contributed by atoms with E-state index in [2.05, 4.69) is 13.8 Å². The van der Waals surface area contributed by atoms with Crippen LogP contribution < -0.4 is 0 Å². The Hall–Kier alpha value is -0.570. The number of carbonyl (C=O) groups is 1. The Morgan fingerprint density at radius 1 is 1.58 bits per heavy atom. The van der Waals surface area contributed by atoms with Crippen molar-refractivity contribution in [1.82, 2.24) is 4.90 Å². The molecule has 0 spiro atoms. The van der Waals surface area contributed by atoms with Gasteiger partial charge in [0.25, 0.3) is 0 Å². The van der Waals surface area contributed by atoms with Crippen LogP contribution in [0.5, 0.6) is 0 Å². The van der Waals surface area contributed by atoms with E-state index in [1.54, 1.807) is 11.8 Å². The van der Waals surface area contributed by atoms with Gasteiger partial charge >= 0.3 is 0 Å². The topological polar surface area (TPSA) is 40.5 Å². The van der Waals surface area contributed by atoms with Crippen molar-refractivity contribution in [2.45, 2.75) is 39.3 Å². The van der Waals surface area contributed by atoms with Crippen LogP contribution in [0.4, 0.5) is 0 Å². The molecule has 1 amide bonds. The summed E-state index contributed by atoms with van der Waals surface area (Å²) in [5, 5.41) is 9.37. The standard InChI is InChI=1S/C9H17NO2/c1-6(2)9-4-8(12)5-10(9)7(3)11/h6,8-9,12H,4-5H2,1-3H3. The first-order valence-electron chi connectivity index (χ1n) is 4.47. The van der Waals surface area contributed by atoms with Gasteiger partial charge in [-0.05, 0) is 12.3 Å². The molecule has 70 valence electrons. The number of aliphatic hydroxyl groups excluding tert-OH is 1. The molecule has 1 heterocycles. The van der Waals surface area contributed by atoms with Crippen LogP contribution in [0.25, 0.3) is 0 Å². The molecule has 1 aliphatic rings. The average Bonchev–Trinajstić information content (AvgIpc) is 2.31. The molecule has 3 nitrogen and oxygen atoms in total. The number of aliphatic hydroxyl groups is 1. The van der Waals surface area contributed by atoms with Crippen LogP contribution in [0.3, 0.4) is 0 Å². The highest BCUT2D eigenvalue weighted by atomic mass is 16.3. The number of rotatable bonds is 1. The van der Waals surface area contributed by atoms with E-state index in [9.17, 15) is 9.90 Å². The molecular formula is C9H17NO2. The molecule has 1 aliphatic heterocycles. The van der Waals surface area contributed by atoms with Crippen LogP contribution in [-0.2, 0) is 4.79 Å². The van der Waals surface area contributed by atoms with Crippen LogP contribution >= 0.6 is 0 Å². The SMILES string of the molecule is CC(=O)N1CC(O)CC1C(C)C. The molecule has 1 N–H and O–H groups in total. The fraction of sp³-hybridized carbons (Fsp3) is 0.889. The smallest absolute Gasteiger partial charge is 0.219 e. The number of carbonyl (C=O) groups excluding carboxylic acids is 1. The fourth-order valence-electron chi connectivity index (χ4n) is 1.84. The zero-order valence-corrected chi connectivity index (χ0v) is 7.95. The summed E-state index contributed by atoms with van der Waals surface area (Å²) in [6, 6.07) is 0.234. The molecule has 0 bridgehead atoms. The minimum atomic E-state index is -0.318. The highest BCUT2D eigenvalue weighted by molar-refractivity contribution is 5.74. The van der Waals surface area contributed by atoms with Gasteiger partial charge in [0.15, 0.2) is 0 Å². The molecule has 1 saturated heterocycles. The van der Waals surface area contributed by atoms with Gasteiger partial charge in [-0.1, -0.05) is 13.8 Å². The third-order valence-electron chi connectivity index (χ3n) is 2.50. The van der Waals surface area contributed by atoms with E-state index in [0.29, 0.717) is 12.5 Å². The third kappa shape index (κ3) is 1.78. The van der Waals surface area contributed by atoms with Crippen LogP contribution in [0.1, 0.15) is 27.2 Å². The maximum atomic E-state index is 11.1. The van der Waals surface area contributed by atoms with Crippen molar-refractivity contribution in [3.8, 4) is 0 Å². The van der Waals surface area contributed by atoms with E-state index in [1.807, 2.05) is 0 Å². The quantitative estimate of drug-likeness (QED) is 0.628. The number of β-amino-alcohol motifs (C(OH)–C–C–N with tert-alkyl or cyclic N) is 1. The maximum Gasteiger partial charge on any atom is 0.219 e. The van der Waals surface area contributed by atoms with E-state index in [4.69, 9.17) is 0 Å². The second-order valence-electron chi connectivity index (χ2n) is 3.87. The summed E-state index contributed by atoms with van der Waals surface area (Å²) in [4.78, 5) is 12.9. The van der Waals surface area contributed by atoms with Gasteiger partial charge in [0, 0.05) is 19.5 Å². The van der Waals surface area contributed by atoms with Gasteiger partial charge in [0.1, 0.15) is 0 Å². The highest BCUT2D eigenvalue weighted by Gasteiger charge is 2.34. The molecule has 2 unspecified atom stereocenters. The lowest BCUT2D eigenvalue weighted by molar-refractivity contribution is -0.130. The molecule has 1 fully saturated rings. The summed E-state index contributed by atoms with van der Waals surface area (Å²) >= 11 is 0. The normalized spacial score (nSPS) is 29.9. The summed E-state index contributed by atoms with van der Waals surface area (Å²) in [5.74, 6) is 0.510. The van der Waals surface area contributed by atoms with Crippen molar-refractivity contribution in [2.75, 3.05) is 6.54 Å². The zero-order chi connectivity index (χ0) is 9.30. The van der Waals surface area contributed by atoms with Crippen molar-refractivity contribution in [3.63, 3.8) is 0 Å². The number of nitrogens with zero attached hydrogens (tertiary/aromatic N) is 1. The molecule has 2 atom stereocenters. The van der Waals surface area contributed by atoms with Gasteiger partial charge in [-0.3, -0.25) is 4.79 Å². The largest absolute Gasteiger partial charge is 0.391 e. The van der Waals surface area contributed by atoms with Crippen LogP contribution in [0.2, 0.25) is 0 Å². The van der Waals surface area contributed by atoms with Gasteiger partial charge in [0.05, 0.1) is 6.10 Å². The summed E-state index contributed by atoms with van der Waals surface area (Å²) < 4.78 is 0. The molecule has 0 aromatic heterocycles. The van der Waals surface area contributed by atoms with E-state index in [-0.39, 0.29) is 18.1 Å². The van der Waals surface area contributed by atoms with Crippen LogP contribution in [0.15, 0.2) is 0 Å². The van der Waals surface area contributed by atoms with Gasteiger partial charge in [-0.2, -0.15) is 0 Å². The minimum Gasteiger partial charge on any atom is -0.391 e. The summed E-state index contributed by atoms with van der Waals surface area (Å²) in [6.45, 7) is 6.24. The number of likely N-dealkylation sites (tertiary alicyclic amines) is 1. The number of hydrogen-bond donors (Lipinski definition) is 1. The Bertz CT molecular complexity index is 179. The fourth-order valence-corrected chi connectivity index (χ4v) is 1.84. The molecule has 12 heavy (non-hydrogen) atoms. The molecule has 3 heteroatoms. The van der Waals surface area contributed by atoms with Crippen molar-refractivity contribution < 1.29 is 9.90 Å². The monoisotopic (exact) mass is 171 g/mol. The van der Waals surface area contributed by atoms with Crippen molar-refractivity contribution in [3.05, 3.63) is 0 Å².